The minimum atomic E-state index is -0.957. The predicted octanol–water partition coefficient (Wildman–Crippen LogP) is 2.36. The summed E-state index contributed by atoms with van der Waals surface area (Å²) >= 11 is 7.35. The van der Waals surface area contributed by atoms with Crippen molar-refractivity contribution in [3.05, 3.63) is 0 Å². The fraction of sp³-hybridized carbons (Fsp3) is 0.600. The van der Waals surface area contributed by atoms with Gasteiger partial charge < -0.3 is 10.2 Å². The Hall–Kier alpha value is -0.780. The zero-order chi connectivity index (χ0) is 14.2. The van der Waals surface area contributed by atoms with Gasteiger partial charge in [-0.15, -0.1) is 11.8 Å². The molecule has 18 heavy (non-hydrogen) atoms. The Kier molecular flexibility index (Phi) is 7.98. The molecule has 0 amide bonds. The molecular formula is C10H13NO4S3. The van der Waals surface area contributed by atoms with Crippen molar-refractivity contribution in [3.8, 4) is 6.07 Å². The Morgan fingerprint density at radius 3 is 2.33 bits per heavy atom. The molecular weight excluding hydrogens is 294 g/mol. The standard InChI is InChI=1S/C10H13NO4S3/c1-10(6-11,4-2-7(12)13)18-9(16)17-5-3-8(14)15/h2-5H2,1H3,(H,12,13)(H,14,15)/t10-/m1/s1. The van der Waals surface area contributed by atoms with Crippen molar-refractivity contribution in [1.82, 2.24) is 0 Å². The van der Waals surface area contributed by atoms with Crippen LogP contribution in [0.25, 0.3) is 0 Å². The molecule has 0 radical (unpaired) electrons. The second kappa shape index (κ2) is 8.34. The van der Waals surface area contributed by atoms with Gasteiger partial charge in [-0.1, -0.05) is 24.0 Å². The van der Waals surface area contributed by atoms with Crippen LogP contribution in [0.5, 0.6) is 0 Å². The number of thiocarbonyl (C=S) groups is 1. The summed E-state index contributed by atoms with van der Waals surface area (Å²) in [6.45, 7) is 1.63. The number of thioether (sulfide) groups is 2. The maximum absolute atomic E-state index is 10.5. The van der Waals surface area contributed by atoms with Gasteiger partial charge in [0.2, 0.25) is 0 Å². The molecule has 0 aromatic rings. The SMILES string of the molecule is C[C@](C#N)(CCC(=O)O)SC(=S)SCCC(=O)O. The van der Waals surface area contributed by atoms with Crippen molar-refractivity contribution in [3.63, 3.8) is 0 Å². The molecule has 0 saturated heterocycles. The topological polar surface area (TPSA) is 98.4 Å². The van der Waals surface area contributed by atoms with Crippen molar-refractivity contribution >= 4 is 51.2 Å². The summed E-state index contributed by atoms with van der Waals surface area (Å²) in [5.74, 6) is -1.51. The van der Waals surface area contributed by atoms with Gasteiger partial charge in [-0.25, -0.2) is 0 Å². The smallest absolute Gasteiger partial charge is 0.304 e. The first-order chi connectivity index (χ1) is 8.29. The van der Waals surface area contributed by atoms with E-state index in [9.17, 15) is 9.59 Å². The monoisotopic (exact) mass is 307 g/mol. The summed E-state index contributed by atoms with van der Waals surface area (Å²) in [7, 11) is 0. The Balaban J connectivity index is 4.18. The molecule has 8 heteroatoms. The van der Waals surface area contributed by atoms with Crippen LogP contribution >= 0.6 is 35.7 Å². The van der Waals surface area contributed by atoms with E-state index in [1.807, 2.05) is 6.07 Å². The van der Waals surface area contributed by atoms with Gasteiger partial charge in [-0.2, -0.15) is 5.26 Å². The quantitative estimate of drug-likeness (QED) is 0.692. The van der Waals surface area contributed by atoms with Crippen LogP contribution in [0.15, 0.2) is 0 Å². The summed E-state index contributed by atoms with van der Waals surface area (Å²) in [5, 5.41) is 26.1. The lowest BCUT2D eigenvalue weighted by Gasteiger charge is -2.19. The summed E-state index contributed by atoms with van der Waals surface area (Å²) in [6.07, 6.45) is 0.104. The van der Waals surface area contributed by atoms with Gasteiger partial charge >= 0.3 is 11.9 Å². The second-order valence-electron chi connectivity index (χ2n) is 3.58. The van der Waals surface area contributed by atoms with E-state index in [1.165, 1.54) is 11.8 Å². The first kappa shape index (κ1) is 17.2. The van der Waals surface area contributed by atoms with E-state index >= 15 is 0 Å². The first-order valence-electron chi connectivity index (χ1n) is 4.99. The molecule has 0 spiro atoms. The molecule has 0 unspecified atom stereocenters. The highest BCUT2D eigenvalue weighted by atomic mass is 32.2. The fourth-order valence-electron chi connectivity index (χ4n) is 0.910. The maximum Gasteiger partial charge on any atom is 0.304 e. The third-order valence-corrected chi connectivity index (χ3v) is 4.66. The zero-order valence-electron chi connectivity index (χ0n) is 9.71. The van der Waals surface area contributed by atoms with E-state index in [-0.39, 0.29) is 19.3 Å². The average Bonchev–Trinajstić information content (AvgIpc) is 2.26. The minimum absolute atomic E-state index is 0.00373. The lowest BCUT2D eigenvalue weighted by molar-refractivity contribution is -0.137. The maximum atomic E-state index is 10.5. The average molecular weight is 307 g/mol. The van der Waals surface area contributed by atoms with E-state index in [0.29, 0.717) is 9.28 Å². The van der Waals surface area contributed by atoms with Crippen molar-refractivity contribution in [2.45, 2.75) is 30.9 Å². The Bertz CT molecular complexity index is 380. The molecule has 2 N–H and O–H groups in total. The Labute approximate surface area is 119 Å². The number of hydrogen-bond acceptors (Lipinski definition) is 6. The van der Waals surface area contributed by atoms with Gasteiger partial charge in [0, 0.05) is 12.2 Å². The van der Waals surface area contributed by atoms with E-state index in [0.717, 1.165) is 11.8 Å². The van der Waals surface area contributed by atoms with Gasteiger partial charge in [0.25, 0.3) is 0 Å². The van der Waals surface area contributed by atoms with Crippen LogP contribution in [0, 0.1) is 11.3 Å². The third kappa shape index (κ3) is 8.33. The summed E-state index contributed by atoms with van der Waals surface area (Å²) in [6, 6.07) is 2.05. The van der Waals surface area contributed by atoms with Crippen molar-refractivity contribution < 1.29 is 19.8 Å². The van der Waals surface area contributed by atoms with Gasteiger partial charge in [0.1, 0.15) is 8.28 Å². The number of hydrogen-bond donors (Lipinski definition) is 2. The predicted molar refractivity (Wildman–Crippen MR) is 75.8 cm³/mol. The minimum Gasteiger partial charge on any atom is -0.481 e. The van der Waals surface area contributed by atoms with Crippen LogP contribution in [0.4, 0.5) is 0 Å². The van der Waals surface area contributed by atoms with Crippen molar-refractivity contribution in [2.75, 3.05) is 5.75 Å². The second-order valence-corrected chi connectivity index (χ2v) is 7.38. The number of rotatable bonds is 7. The molecule has 5 nitrogen and oxygen atoms in total. The Morgan fingerprint density at radius 2 is 1.89 bits per heavy atom. The fourth-order valence-corrected chi connectivity index (χ4v) is 3.81. The van der Waals surface area contributed by atoms with Crippen molar-refractivity contribution in [1.29, 1.82) is 5.26 Å². The van der Waals surface area contributed by atoms with Gasteiger partial charge in [-0.05, 0) is 13.3 Å². The summed E-state index contributed by atoms with van der Waals surface area (Å²) in [5.41, 5.74) is 0. The van der Waals surface area contributed by atoms with Crippen LogP contribution < -0.4 is 0 Å². The molecule has 0 heterocycles. The number of nitrogens with zero attached hydrogens (tertiary/aromatic N) is 1. The van der Waals surface area contributed by atoms with Gasteiger partial charge in [0.15, 0.2) is 0 Å². The molecule has 0 rings (SSSR count). The molecule has 0 aliphatic carbocycles. The summed E-state index contributed by atoms with van der Waals surface area (Å²) in [4.78, 5) is 20.8. The number of nitriles is 1. The molecule has 0 bridgehead atoms. The molecule has 0 saturated carbocycles. The van der Waals surface area contributed by atoms with E-state index in [1.54, 1.807) is 6.92 Å². The largest absolute Gasteiger partial charge is 0.481 e. The molecule has 0 aromatic carbocycles. The highest BCUT2D eigenvalue weighted by molar-refractivity contribution is 8.47. The van der Waals surface area contributed by atoms with Crippen LogP contribution in [0.2, 0.25) is 0 Å². The zero-order valence-corrected chi connectivity index (χ0v) is 12.2. The number of carboxylic acid groups (broad SMARTS) is 2. The highest BCUT2D eigenvalue weighted by Gasteiger charge is 2.27. The molecule has 100 valence electrons. The third-order valence-electron chi connectivity index (χ3n) is 1.90. The molecule has 1 atom stereocenters. The number of aliphatic carboxylic acids is 2. The lowest BCUT2D eigenvalue weighted by Crippen LogP contribution is -2.20. The van der Waals surface area contributed by atoms with Gasteiger partial charge in [0.05, 0.1) is 12.5 Å². The van der Waals surface area contributed by atoms with Crippen LogP contribution in [0.1, 0.15) is 26.2 Å². The molecule has 0 aliphatic heterocycles. The molecule has 0 fully saturated rings. The van der Waals surface area contributed by atoms with Gasteiger partial charge in [-0.3, -0.25) is 9.59 Å². The summed E-state index contributed by atoms with van der Waals surface area (Å²) < 4.78 is -0.420. The van der Waals surface area contributed by atoms with E-state index in [2.05, 4.69) is 0 Å². The van der Waals surface area contributed by atoms with Crippen molar-refractivity contribution in [2.24, 2.45) is 0 Å². The van der Waals surface area contributed by atoms with E-state index in [4.69, 9.17) is 27.7 Å². The van der Waals surface area contributed by atoms with Crippen LogP contribution in [-0.4, -0.2) is 36.2 Å². The first-order valence-corrected chi connectivity index (χ1v) is 7.21. The van der Waals surface area contributed by atoms with Crippen LogP contribution in [-0.2, 0) is 9.59 Å². The molecule has 0 aliphatic rings. The van der Waals surface area contributed by atoms with Crippen LogP contribution in [0.3, 0.4) is 0 Å². The highest BCUT2D eigenvalue weighted by Crippen LogP contribution is 2.34. The number of carboxylic acids is 2. The number of carbonyl (C=O) groups is 2. The normalized spacial score (nSPS) is 13.3. The van der Waals surface area contributed by atoms with E-state index < -0.39 is 16.7 Å². The lowest BCUT2D eigenvalue weighted by atomic mass is 10.1. The Morgan fingerprint density at radius 1 is 1.33 bits per heavy atom. The molecule has 0 aromatic heterocycles.